The van der Waals surface area contributed by atoms with Gasteiger partial charge in [0.1, 0.15) is 5.82 Å². The zero-order chi connectivity index (χ0) is 18.4. The van der Waals surface area contributed by atoms with Gasteiger partial charge in [0.25, 0.3) is 0 Å². The van der Waals surface area contributed by atoms with E-state index >= 15 is 0 Å². The molecule has 0 fully saturated rings. The molecule has 0 aliphatic rings. The summed E-state index contributed by atoms with van der Waals surface area (Å²) in [6.45, 7) is 0.435. The Hall–Kier alpha value is -1.80. The van der Waals surface area contributed by atoms with E-state index in [1.54, 1.807) is 19.4 Å². The average Bonchev–Trinajstić information content (AvgIpc) is 3.17. The Morgan fingerprint density at radius 3 is 2.81 bits per heavy atom. The van der Waals surface area contributed by atoms with E-state index in [9.17, 15) is 4.39 Å². The smallest absolute Gasteiger partial charge is 0.192 e. The SMILES string of the molecule is COCC(Nc1cc(F)c(SNc2nccs2)cc1Cl)c1ccccc1. The van der Waals surface area contributed by atoms with Gasteiger partial charge in [-0.2, -0.15) is 0 Å². The molecule has 1 heterocycles. The van der Waals surface area contributed by atoms with Crippen LogP contribution in [0, 0.1) is 5.82 Å². The van der Waals surface area contributed by atoms with E-state index in [0.717, 1.165) is 17.5 Å². The molecule has 0 bridgehead atoms. The lowest BCUT2D eigenvalue weighted by Gasteiger charge is -2.21. The van der Waals surface area contributed by atoms with Crippen LogP contribution in [-0.2, 0) is 4.74 Å². The highest BCUT2D eigenvalue weighted by molar-refractivity contribution is 8.00. The second-order valence-corrected chi connectivity index (χ2v) is 7.52. The maximum atomic E-state index is 14.5. The number of nitrogens with one attached hydrogen (secondary N) is 2. The Labute approximate surface area is 164 Å². The number of thiazole rings is 1. The summed E-state index contributed by atoms with van der Waals surface area (Å²) in [5, 5.41) is 6.25. The molecule has 26 heavy (non-hydrogen) atoms. The van der Waals surface area contributed by atoms with Gasteiger partial charge in [0.05, 0.1) is 28.3 Å². The van der Waals surface area contributed by atoms with Crippen LogP contribution in [0.15, 0.2) is 58.9 Å². The lowest BCUT2D eigenvalue weighted by Crippen LogP contribution is -2.16. The van der Waals surface area contributed by atoms with Crippen LogP contribution in [0.4, 0.5) is 15.2 Å². The number of methoxy groups -OCH3 is 1. The summed E-state index contributed by atoms with van der Waals surface area (Å²) < 4.78 is 22.8. The first-order chi connectivity index (χ1) is 12.7. The number of benzene rings is 2. The molecular weight excluding hydrogens is 393 g/mol. The van der Waals surface area contributed by atoms with Crippen LogP contribution < -0.4 is 10.0 Å². The van der Waals surface area contributed by atoms with Crippen molar-refractivity contribution >= 4 is 45.7 Å². The van der Waals surface area contributed by atoms with Crippen molar-refractivity contribution in [1.82, 2.24) is 4.98 Å². The number of hydrogen-bond donors (Lipinski definition) is 2. The number of anilines is 2. The van der Waals surface area contributed by atoms with Crippen LogP contribution in [0.25, 0.3) is 0 Å². The highest BCUT2D eigenvalue weighted by atomic mass is 35.5. The molecule has 0 aliphatic heterocycles. The van der Waals surface area contributed by atoms with Crippen LogP contribution in [-0.4, -0.2) is 18.7 Å². The Morgan fingerprint density at radius 2 is 2.12 bits per heavy atom. The third-order valence-corrected chi connectivity index (χ3v) is 5.53. The van der Waals surface area contributed by atoms with Crippen molar-refractivity contribution < 1.29 is 9.13 Å². The van der Waals surface area contributed by atoms with Gasteiger partial charge in [-0.1, -0.05) is 41.9 Å². The fraction of sp³-hybridized carbons (Fsp3) is 0.167. The van der Waals surface area contributed by atoms with Crippen LogP contribution >= 0.6 is 34.9 Å². The Bertz CT molecular complexity index is 834. The molecule has 0 aliphatic carbocycles. The molecule has 8 heteroatoms. The predicted molar refractivity (Wildman–Crippen MR) is 108 cm³/mol. The van der Waals surface area contributed by atoms with Crippen molar-refractivity contribution in [3.63, 3.8) is 0 Å². The molecule has 2 N–H and O–H groups in total. The van der Waals surface area contributed by atoms with E-state index in [0.29, 0.717) is 27.3 Å². The number of aromatic nitrogens is 1. The van der Waals surface area contributed by atoms with Crippen molar-refractivity contribution in [2.24, 2.45) is 0 Å². The molecule has 0 radical (unpaired) electrons. The molecule has 2 aromatic carbocycles. The minimum Gasteiger partial charge on any atom is -0.382 e. The summed E-state index contributed by atoms with van der Waals surface area (Å²) in [4.78, 5) is 4.50. The minimum absolute atomic E-state index is 0.134. The zero-order valence-corrected chi connectivity index (χ0v) is 16.3. The summed E-state index contributed by atoms with van der Waals surface area (Å²) in [6, 6.07) is 12.7. The molecule has 0 saturated carbocycles. The molecule has 136 valence electrons. The number of halogens is 2. The molecule has 3 aromatic rings. The highest BCUT2D eigenvalue weighted by Gasteiger charge is 2.15. The van der Waals surface area contributed by atoms with E-state index in [1.807, 2.05) is 35.7 Å². The number of ether oxygens (including phenoxy) is 1. The summed E-state index contributed by atoms with van der Waals surface area (Å²) in [5.41, 5.74) is 1.56. The molecule has 0 spiro atoms. The van der Waals surface area contributed by atoms with Gasteiger partial charge in [0.2, 0.25) is 0 Å². The van der Waals surface area contributed by atoms with E-state index in [-0.39, 0.29) is 11.9 Å². The summed E-state index contributed by atoms with van der Waals surface area (Å²) in [6.07, 6.45) is 1.68. The molecule has 1 aromatic heterocycles. The highest BCUT2D eigenvalue weighted by Crippen LogP contribution is 2.34. The van der Waals surface area contributed by atoms with Gasteiger partial charge in [-0.3, -0.25) is 0 Å². The zero-order valence-electron chi connectivity index (χ0n) is 13.9. The fourth-order valence-corrected chi connectivity index (χ4v) is 3.91. The topological polar surface area (TPSA) is 46.2 Å². The third kappa shape index (κ3) is 4.88. The first kappa shape index (κ1) is 19.0. The van der Waals surface area contributed by atoms with Crippen LogP contribution in [0.5, 0.6) is 0 Å². The van der Waals surface area contributed by atoms with Gasteiger partial charge in [0, 0.05) is 18.7 Å². The van der Waals surface area contributed by atoms with Gasteiger partial charge in [-0.05, 0) is 29.6 Å². The van der Waals surface area contributed by atoms with E-state index in [1.165, 1.54) is 17.4 Å². The lowest BCUT2D eigenvalue weighted by molar-refractivity contribution is 0.186. The van der Waals surface area contributed by atoms with Crippen molar-refractivity contribution in [2.45, 2.75) is 10.9 Å². The quantitative estimate of drug-likeness (QED) is 0.456. The minimum atomic E-state index is -0.366. The largest absolute Gasteiger partial charge is 0.382 e. The average molecular weight is 410 g/mol. The monoisotopic (exact) mass is 409 g/mol. The molecule has 3 rings (SSSR count). The number of nitrogens with zero attached hydrogens (tertiary/aromatic N) is 1. The van der Waals surface area contributed by atoms with Crippen molar-refractivity contribution in [2.75, 3.05) is 23.8 Å². The predicted octanol–water partition coefficient (Wildman–Crippen LogP) is 5.85. The molecule has 1 atom stereocenters. The summed E-state index contributed by atoms with van der Waals surface area (Å²) in [5.74, 6) is -0.366. The van der Waals surface area contributed by atoms with Gasteiger partial charge < -0.3 is 14.8 Å². The van der Waals surface area contributed by atoms with Gasteiger partial charge in [-0.25, -0.2) is 9.37 Å². The van der Waals surface area contributed by atoms with Crippen LogP contribution in [0.1, 0.15) is 11.6 Å². The summed E-state index contributed by atoms with van der Waals surface area (Å²) >= 11 is 8.95. The summed E-state index contributed by atoms with van der Waals surface area (Å²) in [7, 11) is 1.63. The molecule has 0 amide bonds. The second-order valence-electron chi connectivity index (χ2n) is 5.37. The van der Waals surface area contributed by atoms with E-state index in [4.69, 9.17) is 16.3 Å². The lowest BCUT2D eigenvalue weighted by atomic mass is 10.1. The maximum absolute atomic E-state index is 14.5. The van der Waals surface area contributed by atoms with E-state index in [2.05, 4.69) is 15.0 Å². The van der Waals surface area contributed by atoms with E-state index < -0.39 is 0 Å². The Kier molecular flexibility index (Phi) is 6.73. The molecule has 0 saturated heterocycles. The first-order valence-corrected chi connectivity index (χ1v) is 9.86. The normalized spacial score (nSPS) is 12.0. The standard InChI is InChI=1S/C18H17ClFN3OS2/c1-24-11-16(12-5-3-2-4-6-12)22-15-10-14(20)17(9-13(15)19)26-23-18-21-7-8-25-18/h2-10,16,22H,11H2,1H3,(H,21,23). The van der Waals surface area contributed by atoms with Crippen molar-refractivity contribution in [3.8, 4) is 0 Å². The third-order valence-electron chi connectivity index (χ3n) is 3.57. The number of rotatable bonds is 8. The van der Waals surface area contributed by atoms with Crippen LogP contribution in [0.2, 0.25) is 5.02 Å². The molecular formula is C18H17ClFN3OS2. The van der Waals surface area contributed by atoms with Crippen LogP contribution in [0.3, 0.4) is 0 Å². The van der Waals surface area contributed by atoms with Crippen molar-refractivity contribution in [1.29, 1.82) is 0 Å². The molecule has 4 nitrogen and oxygen atoms in total. The van der Waals surface area contributed by atoms with Gasteiger partial charge in [-0.15, -0.1) is 11.3 Å². The fourth-order valence-electron chi connectivity index (χ4n) is 2.35. The van der Waals surface area contributed by atoms with Gasteiger partial charge >= 0.3 is 0 Å². The number of hydrogen-bond acceptors (Lipinski definition) is 6. The van der Waals surface area contributed by atoms with Gasteiger partial charge in [0.15, 0.2) is 5.13 Å². The maximum Gasteiger partial charge on any atom is 0.192 e. The molecule has 1 unspecified atom stereocenters. The Morgan fingerprint density at radius 1 is 1.31 bits per heavy atom. The Balaban J connectivity index is 1.76. The first-order valence-electron chi connectivity index (χ1n) is 7.79. The van der Waals surface area contributed by atoms with Crippen molar-refractivity contribution in [3.05, 3.63) is 70.4 Å². The second kappa shape index (κ2) is 9.23.